The largest absolute Gasteiger partial charge is 0.368 e. The van der Waals surface area contributed by atoms with Gasteiger partial charge in [0, 0.05) is 18.5 Å². The van der Waals surface area contributed by atoms with E-state index in [0.29, 0.717) is 5.82 Å². The fraction of sp³-hybridized carbons (Fsp3) is 0.273. The first-order valence-corrected chi connectivity index (χ1v) is 8.93. The highest BCUT2D eigenvalue weighted by molar-refractivity contribution is 5.90. The van der Waals surface area contributed by atoms with Crippen molar-refractivity contribution >= 4 is 28.9 Å². The smallest absolute Gasteiger partial charge is 0.154 e. The second-order valence-corrected chi connectivity index (χ2v) is 6.93. The van der Waals surface area contributed by atoms with Crippen LogP contribution in [0.15, 0.2) is 42.5 Å². The molecule has 3 aromatic rings. The van der Waals surface area contributed by atoms with E-state index in [1.54, 1.807) is 0 Å². The van der Waals surface area contributed by atoms with Crippen LogP contribution in [0.5, 0.6) is 0 Å². The van der Waals surface area contributed by atoms with Crippen LogP contribution in [-0.4, -0.2) is 42.1 Å². The lowest BCUT2D eigenvalue weighted by Gasteiger charge is -2.13. The summed E-state index contributed by atoms with van der Waals surface area (Å²) in [6, 6.07) is 14.7. The quantitative estimate of drug-likeness (QED) is 0.719. The summed E-state index contributed by atoms with van der Waals surface area (Å²) >= 11 is 0. The van der Waals surface area contributed by atoms with Crippen LogP contribution in [0.1, 0.15) is 22.5 Å². The van der Waals surface area contributed by atoms with Crippen molar-refractivity contribution in [3.8, 4) is 0 Å². The number of anilines is 1. The van der Waals surface area contributed by atoms with E-state index in [-0.39, 0.29) is 0 Å². The summed E-state index contributed by atoms with van der Waals surface area (Å²) in [4.78, 5) is 11.6. The average Bonchev–Trinajstić information content (AvgIpc) is 2.61. The highest BCUT2D eigenvalue weighted by Crippen LogP contribution is 2.22. The van der Waals surface area contributed by atoms with E-state index in [9.17, 15) is 0 Å². The molecule has 1 aromatic heterocycles. The number of nitrogens with one attached hydrogen (secondary N) is 1. The molecule has 0 unspecified atom stereocenters. The molecule has 0 bridgehead atoms. The molecule has 0 aliphatic heterocycles. The number of fused-ring (bicyclic) bond motifs is 1. The Morgan fingerprint density at radius 3 is 2.38 bits per heavy atom. The highest BCUT2D eigenvalue weighted by Gasteiger charge is 2.07. The first-order chi connectivity index (χ1) is 12.5. The molecule has 0 fully saturated rings. The van der Waals surface area contributed by atoms with Gasteiger partial charge in [-0.3, -0.25) is 0 Å². The van der Waals surface area contributed by atoms with Crippen LogP contribution >= 0.6 is 0 Å². The molecule has 134 valence electrons. The number of hydrogen-bond acceptors (Lipinski definition) is 4. The molecule has 3 rings (SSSR count). The predicted molar refractivity (Wildman–Crippen MR) is 111 cm³/mol. The van der Waals surface area contributed by atoms with Crippen LogP contribution in [0.25, 0.3) is 23.1 Å². The van der Waals surface area contributed by atoms with E-state index in [1.807, 2.05) is 6.08 Å². The zero-order valence-electron chi connectivity index (χ0n) is 16.0. The molecule has 1 heterocycles. The Hall–Kier alpha value is -2.72. The Bertz CT molecular complexity index is 911. The summed E-state index contributed by atoms with van der Waals surface area (Å²) in [7, 11) is 4.14. The van der Waals surface area contributed by atoms with E-state index in [0.717, 1.165) is 35.4 Å². The minimum absolute atomic E-state index is 0.717. The van der Waals surface area contributed by atoms with Gasteiger partial charge >= 0.3 is 0 Å². The summed E-state index contributed by atoms with van der Waals surface area (Å²) in [5.74, 6) is 1.61. The SMILES string of the molecule is Cc1ccc(/C=C/c2nc(NCCN(C)C)c3cc(C)ccc3n2)cc1. The number of nitrogens with zero attached hydrogens (tertiary/aromatic N) is 3. The van der Waals surface area contributed by atoms with Gasteiger partial charge in [-0.2, -0.15) is 0 Å². The van der Waals surface area contributed by atoms with Gasteiger partial charge in [0.15, 0.2) is 5.82 Å². The Labute approximate surface area is 155 Å². The summed E-state index contributed by atoms with van der Waals surface area (Å²) in [5.41, 5.74) is 4.57. The molecule has 2 aromatic carbocycles. The third kappa shape index (κ3) is 4.67. The highest BCUT2D eigenvalue weighted by atomic mass is 15.1. The normalized spacial score (nSPS) is 11.6. The van der Waals surface area contributed by atoms with E-state index >= 15 is 0 Å². The zero-order valence-corrected chi connectivity index (χ0v) is 16.0. The number of hydrogen-bond donors (Lipinski definition) is 1. The monoisotopic (exact) mass is 346 g/mol. The molecule has 0 saturated carbocycles. The van der Waals surface area contributed by atoms with Crippen molar-refractivity contribution in [3.05, 3.63) is 65.0 Å². The molecular formula is C22H26N4. The van der Waals surface area contributed by atoms with E-state index < -0.39 is 0 Å². The van der Waals surface area contributed by atoms with Crippen molar-refractivity contribution in [2.24, 2.45) is 0 Å². The van der Waals surface area contributed by atoms with Gasteiger partial charge in [-0.05, 0) is 51.7 Å². The van der Waals surface area contributed by atoms with Gasteiger partial charge < -0.3 is 10.2 Å². The molecule has 0 atom stereocenters. The van der Waals surface area contributed by atoms with Crippen LogP contribution in [0.3, 0.4) is 0 Å². The van der Waals surface area contributed by atoms with Gasteiger partial charge in [0.1, 0.15) is 5.82 Å². The Balaban J connectivity index is 1.92. The lowest BCUT2D eigenvalue weighted by atomic mass is 10.1. The molecule has 26 heavy (non-hydrogen) atoms. The van der Waals surface area contributed by atoms with Crippen LogP contribution in [0, 0.1) is 13.8 Å². The molecule has 4 nitrogen and oxygen atoms in total. The summed E-state index contributed by atoms with van der Waals surface area (Å²) in [5, 5.41) is 4.53. The number of aromatic nitrogens is 2. The van der Waals surface area contributed by atoms with Crippen LogP contribution in [0.2, 0.25) is 0 Å². The molecule has 1 N–H and O–H groups in total. The molecule has 0 saturated heterocycles. The van der Waals surface area contributed by atoms with E-state index in [2.05, 4.69) is 86.7 Å². The maximum Gasteiger partial charge on any atom is 0.154 e. The topological polar surface area (TPSA) is 41.1 Å². The number of benzene rings is 2. The fourth-order valence-electron chi connectivity index (χ4n) is 2.72. The second kappa shape index (κ2) is 8.11. The molecule has 0 amide bonds. The second-order valence-electron chi connectivity index (χ2n) is 6.93. The molecule has 0 spiro atoms. The van der Waals surface area contributed by atoms with Gasteiger partial charge in [0.2, 0.25) is 0 Å². The molecule has 0 aliphatic carbocycles. The van der Waals surface area contributed by atoms with Crippen molar-refractivity contribution in [1.29, 1.82) is 0 Å². The lowest BCUT2D eigenvalue weighted by molar-refractivity contribution is 0.425. The Morgan fingerprint density at radius 1 is 0.923 bits per heavy atom. The number of rotatable bonds is 6. The first-order valence-electron chi connectivity index (χ1n) is 8.93. The van der Waals surface area contributed by atoms with Gasteiger partial charge in [-0.1, -0.05) is 47.5 Å². The van der Waals surface area contributed by atoms with Crippen LogP contribution in [-0.2, 0) is 0 Å². The summed E-state index contributed by atoms with van der Waals surface area (Å²) in [6.07, 6.45) is 4.03. The molecule has 0 radical (unpaired) electrons. The maximum absolute atomic E-state index is 4.74. The zero-order chi connectivity index (χ0) is 18.5. The van der Waals surface area contributed by atoms with Crippen LogP contribution < -0.4 is 5.32 Å². The van der Waals surface area contributed by atoms with E-state index in [4.69, 9.17) is 9.97 Å². The Morgan fingerprint density at radius 2 is 1.65 bits per heavy atom. The van der Waals surface area contributed by atoms with Crippen molar-refractivity contribution in [2.75, 3.05) is 32.5 Å². The van der Waals surface area contributed by atoms with Crippen molar-refractivity contribution in [3.63, 3.8) is 0 Å². The third-order valence-electron chi connectivity index (χ3n) is 4.22. The predicted octanol–water partition coefficient (Wildman–Crippen LogP) is 4.39. The summed E-state index contributed by atoms with van der Waals surface area (Å²) in [6.45, 7) is 5.97. The van der Waals surface area contributed by atoms with Crippen molar-refractivity contribution in [2.45, 2.75) is 13.8 Å². The molecule has 0 aliphatic rings. The molecular weight excluding hydrogens is 320 g/mol. The minimum Gasteiger partial charge on any atom is -0.368 e. The minimum atomic E-state index is 0.717. The van der Waals surface area contributed by atoms with Gasteiger partial charge in [0.05, 0.1) is 5.52 Å². The number of likely N-dealkylation sites (N-methyl/N-ethyl adjacent to an activating group) is 1. The van der Waals surface area contributed by atoms with Crippen molar-refractivity contribution in [1.82, 2.24) is 14.9 Å². The lowest BCUT2D eigenvalue weighted by Crippen LogP contribution is -2.21. The standard InChI is InChI=1S/C22H26N4/c1-16-5-8-18(9-6-16)10-12-21-24-20-11-7-17(2)15-19(20)22(25-21)23-13-14-26(3)4/h5-12,15H,13-14H2,1-4H3,(H,23,24,25)/b12-10+. The van der Waals surface area contributed by atoms with Gasteiger partial charge in [-0.25, -0.2) is 9.97 Å². The number of aryl methyl sites for hydroxylation is 2. The first kappa shape index (κ1) is 18.1. The van der Waals surface area contributed by atoms with Crippen molar-refractivity contribution < 1.29 is 0 Å². The van der Waals surface area contributed by atoms with Crippen LogP contribution in [0.4, 0.5) is 5.82 Å². The fourth-order valence-corrected chi connectivity index (χ4v) is 2.72. The third-order valence-corrected chi connectivity index (χ3v) is 4.22. The Kier molecular flexibility index (Phi) is 5.64. The van der Waals surface area contributed by atoms with Gasteiger partial charge in [0.25, 0.3) is 0 Å². The average molecular weight is 346 g/mol. The van der Waals surface area contributed by atoms with Gasteiger partial charge in [-0.15, -0.1) is 0 Å². The molecule has 4 heteroatoms. The maximum atomic E-state index is 4.74. The van der Waals surface area contributed by atoms with E-state index in [1.165, 1.54) is 11.1 Å². The summed E-state index contributed by atoms with van der Waals surface area (Å²) < 4.78 is 0.